The Balaban J connectivity index is 0.000000187. The first-order valence-electron chi connectivity index (χ1n) is 15.8. The van der Waals surface area contributed by atoms with Crippen LogP contribution < -0.4 is 0 Å². The molecule has 2 heterocycles. The number of rotatable bonds is 6. The molecule has 0 amide bonds. The van der Waals surface area contributed by atoms with Crippen molar-refractivity contribution in [1.29, 1.82) is 0 Å². The van der Waals surface area contributed by atoms with Gasteiger partial charge in [-0.2, -0.15) is 0 Å². The van der Waals surface area contributed by atoms with Gasteiger partial charge in [-0.05, 0) is 55.9 Å². The molecule has 1 radical (unpaired) electrons. The molecule has 47 heavy (non-hydrogen) atoms. The second-order valence-corrected chi connectivity index (χ2v) is 12.6. The van der Waals surface area contributed by atoms with Crippen LogP contribution in [0.5, 0.6) is 0 Å². The van der Waals surface area contributed by atoms with Crippen LogP contribution in [0.3, 0.4) is 0 Å². The summed E-state index contributed by atoms with van der Waals surface area (Å²) in [4.78, 5) is 9.12. The van der Waals surface area contributed by atoms with E-state index in [9.17, 15) is 0 Å². The topological polar surface area (TPSA) is 25.8 Å². The van der Waals surface area contributed by atoms with Crippen LogP contribution in [0.25, 0.3) is 50.1 Å². The average molecular weight is 787 g/mol. The third kappa shape index (κ3) is 8.57. The van der Waals surface area contributed by atoms with Gasteiger partial charge in [-0.15, -0.1) is 70.8 Å². The largest absolute Gasteiger partial charge is 0.304 e. The standard InChI is InChI=1S/C25H20N.C19H18N.Ir/c1-2-19-7-9-20(10-8-19)11-12-21-13-15-22(16-14-21)25-17-23-5-3-4-6-24(23)18-26-25;1-19(2,3)17-10-8-14(9-11-17)18-12-15-6-4-5-7-16(15)13-20-18;/h2-10,13-15,17-18H,1,11-12H2;4-8,10-13H,1-3H3;/q2*-1;. The van der Waals surface area contributed by atoms with Crippen molar-refractivity contribution < 1.29 is 20.1 Å². The molecule has 0 saturated carbocycles. The summed E-state index contributed by atoms with van der Waals surface area (Å²) in [6.45, 7) is 10.4. The van der Waals surface area contributed by atoms with Crippen LogP contribution in [-0.2, 0) is 38.4 Å². The molecule has 0 unspecified atom stereocenters. The van der Waals surface area contributed by atoms with E-state index in [-0.39, 0.29) is 25.5 Å². The number of aryl methyl sites for hydroxylation is 2. The van der Waals surface area contributed by atoms with Gasteiger partial charge in [0, 0.05) is 32.5 Å². The molecule has 0 spiro atoms. The first-order valence-corrected chi connectivity index (χ1v) is 15.8. The second kappa shape index (κ2) is 15.3. The van der Waals surface area contributed by atoms with Crippen LogP contribution in [0.15, 0.2) is 140 Å². The number of hydrogen-bond acceptors (Lipinski definition) is 2. The minimum Gasteiger partial charge on any atom is -0.304 e. The van der Waals surface area contributed by atoms with Crippen LogP contribution in [0.4, 0.5) is 0 Å². The fourth-order valence-electron chi connectivity index (χ4n) is 5.39. The Bertz CT molecular complexity index is 2070. The maximum absolute atomic E-state index is 4.58. The Hall–Kier alpha value is -4.69. The average Bonchev–Trinajstić information content (AvgIpc) is 3.11. The smallest absolute Gasteiger partial charge is 0.0239 e. The molecule has 3 heteroatoms. The molecule has 0 aliphatic carbocycles. The van der Waals surface area contributed by atoms with E-state index < -0.39 is 0 Å². The van der Waals surface area contributed by atoms with Crippen molar-refractivity contribution in [1.82, 2.24) is 9.97 Å². The maximum atomic E-state index is 4.58. The fourth-order valence-corrected chi connectivity index (χ4v) is 5.39. The zero-order valence-corrected chi connectivity index (χ0v) is 29.5. The van der Waals surface area contributed by atoms with E-state index >= 15 is 0 Å². The van der Waals surface area contributed by atoms with Crippen molar-refractivity contribution in [2.45, 2.75) is 39.0 Å². The van der Waals surface area contributed by atoms with Gasteiger partial charge in [-0.1, -0.05) is 125 Å². The number of hydrogen-bond donors (Lipinski definition) is 0. The molecule has 235 valence electrons. The summed E-state index contributed by atoms with van der Waals surface area (Å²) < 4.78 is 0. The Morgan fingerprint density at radius 1 is 0.596 bits per heavy atom. The molecular formula is C44H38IrN2-2. The number of benzene rings is 5. The SMILES string of the molecule is C=Cc1ccc(CCc2c[c-]c(-c3cc4ccccc4cn3)cc2)cc1.CC(C)(C)c1c[c-]c(-c2cc3ccccc3cn2)cc1.[Ir]. The third-order valence-electron chi connectivity index (χ3n) is 8.29. The van der Waals surface area contributed by atoms with Crippen LogP contribution in [0.2, 0.25) is 0 Å². The predicted molar refractivity (Wildman–Crippen MR) is 195 cm³/mol. The fraction of sp³-hybridized carbons (Fsp3) is 0.136. The number of aromatic nitrogens is 2. The van der Waals surface area contributed by atoms with E-state index in [2.05, 4.69) is 159 Å². The van der Waals surface area contributed by atoms with Crippen LogP contribution in [0.1, 0.15) is 43.0 Å². The Morgan fingerprint density at radius 3 is 1.55 bits per heavy atom. The van der Waals surface area contributed by atoms with Crippen LogP contribution >= 0.6 is 0 Å². The molecule has 0 fully saturated rings. The van der Waals surface area contributed by atoms with Gasteiger partial charge in [-0.25, -0.2) is 0 Å². The van der Waals surface area contributed by atoms with Gasteiger partial charge in [0.2, 0.25) is 0 Å². The van der Waals surface area contributed by atoms with E-state index in [1.807, 2.05) is 30.6 Å². The summed E-state index contributed by atoms with van der Waals surface area (Å²) in [5.41, 5.74) is 9.28. The zero-order valence-electron chi connectivity index (χ0n) is 27.1. The Labute approximate surface area is 292 Å². The summed E-state index contributed by atoms with van der Waals surface area (Å²) in [6, 6.07) is 48.9. The molecule has 2 aromatic heterocycles. The van der Waals surface area contributed by atoms with Gasteiger partial charge in [0.1, 0.15) is 0 Å². The van der Waals surface area contributed by atoms with Crippen molar-refractivity contribution in [2.24, 2.45) is 0 Å². The first kappa shape index (κ1) is 33.7. The molecule has 7 rings (SSSR count). The van der Waals surface area contributed by atoms with E-state index in [0.29, 0.717) is 0 Å². The van der Waals surface area contributed by atoms with Crippen LogP contribution in [-0.4, -0.2) is 9.97 Å². The van der Waals surface area contributed by atoms with Crippen molar-refractivity contribution in [3.63, 3.8) is 0 Å². The van der Waals surface area contributed by atoms with Crippen molar-refractivity contribution >= 4 is 27.6 Å². The van der Waals surface area contributed by atoms with E-state index in [1.54, 1.807) is 0 Å². The predicted octanol–water partition coefficient (Wildman–Crippen LogP) is 11.1. The van der Waals surface area contributed by atoms with Gasteiger partial charge in [-0.3, -0.25) is 0 Å². The summed E-state index contributed by atoms with van der Waals surface area (Å²) >= 11 is 0. The van der Waals surface area contributed by atoms with E-state index in [4.69, 9.17) is 0 Å². The molecule has 0 saturated heterocycles. The minimum absolute atomic E-state index is 0. The van der Waals surface area contributed by atoms with Gasteiger partial charge < -0.3 is 9.97 Å². The maximum Gasteiger partial charge on any atom is 0.0239 e. The number of pyridine rings is 2. The van der Waals surface area contributed by atoms with Gasteiger partial charge in [0.05, 0.1) is 0 Å². The third-order valence-corrected chi connectivity index (χ3v) is 8.29. The molecule has 2 nitrogen and oxygen atoms in total. The summed E-state index contributed by atoms with van der Waals surface area (Å²) in [5, 5.41) is 4.75. The Kier molecular flexibility index (Phi) is 10.9. The first-order chi connectivity index (χ1) is 22.4. The molecule has 0 bridgehead atoms. The van der Waals surface area contributed by atoms with Crippen LogP contribution in [0, 0.1) is 12.1 Å². The van der Waals surface area contributed by atoms with E-state index in [0.717, 1.165) is 46.3 Å². The normalized spacial score (nSPS) is 11.0. The number of fused-ring (bicyclic) bond motifs is 2. The molecule has 0 aliphatic rings. The van der Waals surface area contributed by atoms with Gasteiger partial charge in [0.15, 0.2) is 0 Å². The summed E-state index contributed by atoms with van der Waals surface area (Å²) in [5.74, 6) is 0. The Morgan fingerprint density at radius 2 is 1.09 bits per heavy atom. The van der Waals surface area contributed by atoms with Gasteiger partial charge in [0.25, 0.3) is 0 Å². The molecule has 7 aromatic rings. The molecule has 5 aromatic carbocycles. The minimum atomic E-state index is 0. The quantitative estimate of drug-likeness (QED) is 0.157. The molecular weight excluding hydrogens is 749 g/mol. The van der Waals surface area contributed by atoms with Crippen molar-refractivity contribution in [3.8, 4) is 22.5 Å². The van der Waals surface area contributed by atoms with E-state index in [1.165, 1.54) is 32.8 Å². The summed E-state index contributed by atoms with van der Waals surface area (Å²) in [7, 11) is 0. The second-order valence-electron chi connectivity index (χ2n) is 12.6. The van der Waals surface area contributed by atoms with Crippen molar-refractivity contribution in [2.75, 3.05) is 0 Å². The monoisotopic (exact) mass is 787 g/mol. The molecule has 0 aliphatic heterocycles. The van der Waals surface area contributed by atoms with Crippen molar-refractivity contribution in [3.05, 3.63) is 175 Å². The molecule has 0 atom stereocenters. The zero-order chi connectivity index (χ0) is 31.9. The summed E-state index contributed by atoms with van der Waals surface area (Å²) in [6.07, 6.45) is 7.77. The van der Waals surface area contributed by atoms with Gasteiger partial charge >= 0.3 is 0 Å². The molecule has 0 N–H and O–H groups in total. The number of nitrogens with zero attached hydrogens (tertiary/aromatic N) is 2.